The molecule has 1 fully saturated rings. The summed E-state index contributed by atoms with van der Waals surface area (Å²) in [5.74, 6) is 0.305. The number of carbonyl (C=O) groups is 1. The molecule has 0 spiro atoms. The minimum Gasteiger partial charge on any atom is -0.504 e. The zero-order valence-corrected chi connectivity index (χ0v) is 11.2. The number of rotatable bonds is 3. The van der Waals surface area contributed by atoms with Gasteiger partial charge in [-0.25, -0.2) is 0 Å². The first-order chi connectivity index (χ1) is 9.08. The molecule has 2 atom stereocenters. The summed E-state index contributed by atoms with van der Waals surface area (Å²) >= 11 is 0. The lowest BCUT2D eigenvalue weighted by Crippen LogP contribution is -2.31. The van der Waals surface area contributed by atoms with Crippen LogP contribution in [-0.2, 0) is 0 Å². The molecular formula is C15H21NO3. The van der Waals surface area contributed by atoms with Crippen LogP contribution in [0.1, 0.15) is 43.0 Å². The van der Waals surface area contributed by atoms with E-state index < -0.39 is 0 Å². The highest BCUT2D eigenvalue weighted by Gasteiger charge is 2.20. The Morgan fingerprint density at radius 2 is 2.16 bits per heavy atom. The lowest BCUT2D eigenvalue weighted by atomic mass is 9.82. The van der Waals surface area contributed by atoms with Gasteiger partial charge in [0.2, 0.25) is 0 Å². The van der Waals surface area contributed by atoms with E-state index in [2.05, 4.69) is 12.2 Å². The molecule has 2 unspecified atom stereocenters. The predicted molar refractivity (Wildman–Crippen MR) is 73.2 cm³/mol. The molecule has 0 heterocycles. The Morgan fingerprint density at radius 1 is 1.37 bits per heavy atom. The van der Waals surface area contributed by atoms with Crippen molar-refractivity contribution in [1.29, 1.82) is 0 Å². The van der Waals surface area contributed by atoms with Gasteiger partial charge in [0.15, 0.2) is 11.5 Å². The fraction of sp³-hybridized carbons (Fsp3) is 0.533. The monoisotopic (exact) mass is 263 g/mol. The van der Waals surface area contributed by atoms with E-state index in [4.69, 9.17) is 0 Å². The Kier molecular flexibility index (Phi) is 4.30. The molecule has 1 aromatic carbocycles. The second kappa shape index (κ2) is 5.95. The summed E-state index contributed by atoms with van der Waals surface area (Å²) in [7, 11) is 0. The summed E-state index contributed by atoms with van der Waals surface area (Å²) < 4.78 is 0. The predicted octanol–water partition coefficient (Wildman–Crippen LogP) is 2.65. The van der Waals surface area contributed by atoms with Crippen LogP contribution in [-0.4, -0.2) is 22.7 Å². The fourth-order valence-corrected chi connectivity index (χ4v) is 2.79. The van der Waals surface area contributed by atoms with Gasteiger partial charge in [-0.3, -0.25) is 4.79 Å². The van der Waals surface area contributed by atoms with Gasteiger partial charge in [0.25, 0.3) is 5.91 Å². The Bertz CT molecular complexity index is 459. The second-order valence-electron chi connectivity index (χ2n) is 5.52. The lowest BCUT2D eigenvalue weighted by Gasteiger charge is -2.26. The Morgan fingerprint density at radius 3 is 2.89 bits per heavy atom. The number of phenolic OH excluding ortho intramolecular Hbond substituents is 2. The van der Waals surface area contributed by atoms with Gasteiger partial charge in [0.05, 0.1) is 5.56 Å². The van der Waals surface area contributed by atoms with Crippen molar-refractivity contribution in [2.75, 3.05) is 6.54 Å². The van der Waals surface area contributed by atoms with E-state index in [1.807, 2.05) is 0 Å². The first-order valence-electron chi connectivity index (χ1n) is 6.87. The third-order valence-electron chi connectivity index (χ3n) is 3.86. The van der Waals surface area contributed by atoms with E-state index in [-0.39, 0.29) is 23.0 Å². The summed E-state index contributed by atoms with van der Waals surface area (Å²) in [4.78, 5) is 12.0. The van der Waals surface area contributed by atoms with Crippen molar-refractivity contribution in [1.82, 2.24) is 5.32 Å². The molecule has 0 aromatic heterocycles. The molecule has 19 heavy (non-hydrogen) atoms. The summed E-state index contributed by atoms with van der Waals surface area (Å²) in [6.07, 6.45) is 4.79. The van der Waals surface area contributed by atoms with Crippen molar-refractivity contribution in [3.05, 3.63) is 23.8 Å². The van der Waals surface area contributed by atoms with E-state index in [0.29, 0.717) is 12.5 Å². The standard InChI is InChI=1S/C15H21NO3/c1-10-4-2-5-11(8-10)9-16-15(19)12-6-3-7-13(17)14(12)18/h3,6-7,10-11,17-18H,2,4-5,8-9H2,1H3,(H,16,19). The SMILES string of the molecule is CC1CCCC(CNC(=O)c2cccc(O)c2O)C1. The highest BCUT2D eigenvalue weighted by molar-refractivity contribution is 5.97. The average molecular weight is 263 g/mol. The number of nitrogens with one attached hydrogen (secondary N) is 1. The number of hydrogen-bond donors (Lipinski definition) is 3. The van der Waals surface area contributed by atoms with E-state index in [1.165, 1.54) is 25.0 Å². The number of benzene rings is 1. The molecule has 3 N–H and O–H groups in total. The molecule has 4 nitrogen and oxygen atoms in total. The second-order valence-corrected chi connectivity index (χ2v) is 5.52. The van der Waals surface area contributed by atoms with Gasteiger partial charge in [-0.1, -0.05) is 25.8 Å². The molecule has 1 amide bonds. The van der Waals surface area contributed by atoms with Gasteiger partial charge in [0.1, 0.15) is 0 Å². The van der Waals surface area contributed by atoms with Crippen molar-refractivity contribution in [3.63, 3.8) is 0 Å². The molecule has 1 aliphatic rings. The summed E-state index contributed by atoms with van der Waals surface area (Å²) in [6.45, 7) is 2.88. The topological polar surface area (TPSA) is 69.6 Å². The number of amides is 1. The first kappa shape index (κ1) is 13.7. The molecule has 0 radical (unpaired) electrons. The molecule has 1 saturated carbocycles. The highest BCUT2D eigenvalue weighted by atomic mass is 16.3. The molecule has 1 aromatic rings. The van der Waals surface area contributed by atoms with Crippen LogP contribution in [0.2, 0.25) is 0 Å². The number of para-hydroxylation sites is 1. The Balaban J connectivity index is 1.92. The summed E-state index contributed by atoms with van der Waals surface area (Å²) in [5, 5.41) is 21.9. The molecule has 0 saturated heterocycles. The van der Waals surface area contributed by atoms with Crippen molar-refractivity contribution in [3.8, 4) is 11.5 Å². The molecule has 104 valence electrons. The highest BCUT2D eigenvalue weighted by Crippen LogP contribution is 2.29. The van der Waals surface area contributed by atoms with Crippen molar-refractivity contribution in [2.45, 2.75) is 32.6 Å². The average Bonchev–Trinajstić information content (AvgIpc) is 2.39. The molecule has 0 bridgehead atoms. The number of phenols is 2. The van der Waals surface area contributed by atoms with Crippen LogP contribution in [0.25, 0.3) is 0 Å². The minimum absolute atomic E-state index is 0.129. The number of aromatic hydroxyl groups is 2. The zero-order valence-electron chi connectivity index (χ0n) is 11.2. The maximum atomic E-state index is 12.0. The maximum absolute atomic E-state index is 12.0. The molecular weight excluding hydrogens is 242 g/mol. The van der Waals surface area contributed by atoms with Crippen LogP contribution in [0.5, 0.6) is 11.5 Å². The van der Waals surface area contributed by atoms with Crippen molar-refractivity contribution < 1.29 is 15.0 Å². The third-order valence-corrected chi connectivity index (χ3v) is 3.86. The van der Waals surface area contributed by atoms with Crippen LogP contribution in [0.4, 0.5) is 0 Å². The van der Waals surface area contributed by atoms with E-state index in [9.17, 15) is 15.0 Å². The van der Waals surface area contributed by atoms with E-state index >= 15 is 0 Å². The smallest absolute Gasteiger partial charge is 0.255 e. The quantitative estimate of drug-likeness (QED) is 0.734. The Labute approximate surface area is 113 Å². The van der Waals surface area contributed by atoms with Crippen LogP contribution in [0.15, 0.2) is 18.2 Å². The van der Waals surface area contributed by atoms with Crippen LogP contribution in [0, 0.1) is 11.8 Å². The minimum atomic E-state index is -0.350. The van der Waals surface area contributed by atoms with E-state index in [1.54, 1.807) is 6.07 Å². The van der Waals surface area contributed by atoms with Gasteiger partial charge in [0, 0.05) is 6.54 Å². The van der Waals surface area contributed by atoms with Crippen LogP contribution >= 0.6 is 0 Å². The molecule has 2 rings (SSSR count). The van der Waals surface area contributed by atoms with Crippen LogP contribution in [0.3, 0.4) is 0 Å². The third kappa shape index (κ3) is 3.40. The summed E-state index contributed by atoms with van der Waals surface area (Å²) in [6, 6.07) is 4.41. The lowest BCUT2D eigenvalue weighted by molar-refractivity contribution is 0.0937. The van der Waals surface area contributed by atoms with E-state index in [0.717, 1.165) is 18.8 Å². The first-order valence-corrected chi connectivity index (χ1v) is 6.87. The molecule has 0 aliphatic heterocycles. The van der Waals surface area contributed by atoms with Crippen molar-refractivity contribution >= 4 is 5.91 Å². The number of hydrogen-bond acceptors (Lipinski definition) is 3. The zero-order chi connectivity index (χ0) is 13.8. The largest absolute Gasteiger partial charge is 0.504 e. The van der Waals surface area contributed by atoms with Gasteiger partial charge in [-0.2, -0.15) is 0 Å². The summed E-state index contributed by atoms with van der Waals surface area (Å²) in [5.41, 5.74) is 0.129. The molecule has 1 aliphatic carbocycles. The molecule has 4 heteroatoms. The van der Waals surface area contributed by atoms with Gasteiger partial charge < -0.3 is 15.5 Å². The normalized spacial score (nSPS) is 23.0. The van der Waals surface area contributed by atoms with Gasteiger partial charge in [-0.05, 0) is 36.8 Å². The fourth-order valence-electron chi connectivity index (χ4n) is 2.79. The Hall–Kier alpha value is -1.71. The number of carbonyl (C=O) groups excluding carboxylic acids is 1. The maximum Gasteiger partial charge on any atom is 0.255 e. The van der Waals surface area contributed by atoms with Crippen molar-refractivity contribution in [2.24, 2.45) is 11.8 Å². The van der Waals surface area contributed by atoms with Gasteiger partial charge in [-0.15, -0.1) is 0 Å². The van der Waals surface area contributed by atoms with Crippen LogP contribution < -0.4 is 5.32 Å². The van der Waals surface area contributed by atoms with Gasteiger partial charge >= 0.3 is 0 Å².